The van der Waals surface area contributed by atoms with Gasteiger partial charge < -0.3 is 5.32 Å². The van der Waals surface area contributed by atoms with E-state index in [0.29, 0.717) is 17.3 Å². The van der Waals surface area contributed by atoms with Crippen LogP contribution in [0.4, 0.5) is 19.0 Å². The van der Waals surface area contributed by atoms with Crippen LogP contribution < -0.4 is 5.32 Å². The highest BCUT2D eigenvalue weighted by atomic mass is 35.5. The third-order valence-corrected chi connectivity index (χ3v) is 2.94. The van der Waals surface area contributed by atoms with E-state index in [1.54, 1.807) is 13.8 Å². The maximum atomic E-state index is 12.9. The first-order valence-electron chi connectivity index (χ1n) is 5.86. The number of hydrogen-bond donors (Lipinski definition) is 1. The topological polar surface area (TPSA) is 42.7 Å². The van der Waals surface area contributed by atoms with Crippen LogP contribution in [0, 0.1) is 6.92 Å². The molecule has 2 heterocycles. The van der Waals surface area contributed by atoms with Gasteiger partial charge in [0.2, 0.25) is 0 Å². The maximum absolute atomic E-state index is 12.9. The van der Waals surface area contributed by atoms with Crippen LogP contribution >= 0.6 is 11.6 Å². The number of rotatable bonds is 3. The molecule has 0 radical (unpaired) electrons. The van der Waals surface area contributed by atoms with Crippen LogP contribution in [-0.2, 0) is 6.18 Å². The second-order valence-corrected chi connectivity index (χ2v) is 4.54. The van der Waals surface area contributed by atoms with Gasteiger partial charge in [0.15, 0.2) is 5.82 Å². The van der Waals surface area contributed by atoms with E-state index in [0.717, 1.165) is 12.1 Å². The van der Waals surface area contributed by atoms with Crippen molar-refractivity contribution in [3.8, 4) is 5.82 Å². The normalized spacial score (nSPS) is 11.7. The molecule has 4 nitrogen and oxygen atoms in total. The Labute approximate surface area is 118 Å². The summed E-state index contributed by atoms with van der Waals surface area (Å²) in [5.74, 6) is 0.201. The Morgan fingerprint density at radius 2 is 2.05 bits per heavy atom. The van der Waals surface area contributed by atoms with Crippen molar-refractivity contribution in [2.75, 3.05) is 11.9 Å². The zero-order valence-corrected chi connectivity index (χ0v) is 11.5. The van der Waals surface area contributed by atoms with E-state index >= 15 is 0 Å². The Hall–Kier alpha value is -1.76. The predicted molar refractivity (Wildman–Crippen MR) is 70.3 cm³/mol. The van der Waals surface area contributed by atoms with Crippen LogP contribution in [0.1, 0.15) is 18.2 Å². The lowest BCUT2D eigenvalue weighted by molar-refractivity contribution is -0.137. The van der Waals surface area contributed by atoms with Crippen molar-refractivity contribution in [3.63, 3.8) is 0 Å². The number of aromatic nitrogens is 3. The van der Waals surface area contributed by atoms with E-state index in [9.17, 15) is 13.2 Å². The van der Waals surface area contributed by atoms with Crippen molar-refractivity contribution in [2.45, 2.75) is 20.0 Å². The van der Waals surface area contributed by atoms with Crippen LogP contribution in [0.5, 0.6) is 0 Å². The van der Waals surface area contributed by atoms with Gasteiger partial charge in [-0.1, -0.05) is 11.6 Å². The molecule has 2 aromatic rings. The first kappa shape index (κ1) is 14.6. The standard InChI is InChI=1S/C12H12ClF3N4/c1-3-17-10-4-8(12(14,15)16)5-11(18-10)20-6-9(13)7(2)19-20/h4-6H,3H2,1-2H3,(H,17,18). The Morgan fingerprint density at radius 1 is 1.35 bits per heavy atom. The second-order valence-electron chi connectivity index (χ2n) is 4.13. The summed E-state index contributed by atoms with van der Waals surface area (Å²) in [5.41, 5.74) is -0.265. The molecule has 0 unspecified atom stereocenters. The highest BCUT2D eigenvalue weighted by Gasteiger charge is 2.32. The van der Waals surface area contributed by atoms with E-state index in [2.05, 4.69) is 15.4 Å². The smallest absolute Gasteiger partial charge is 0.370 e. The van der Waals surface area contributed by atoms with E-state index in [4.69, 9.17) is 11.6 Å². The summed E-state index contributed by atoms with van der Waals surface area (Å²) in [7, 11) is 0. The molecule has 0 amide bonds. The fourth-order valence-corrected chi connectivity index (χ4v) is 1.76. The molecule has 0 fully saturated rings. The minimum Gasteiger partial charge on any atom is -0.370 e. The molecule has 0 bridgehead atoms. The van der Waals surface area contributed by atoms with Gasteiger partial charge in [-0.2, -0.15) is 18.3 Å². The summed E-state index contributed by atoms with van der Waals surface area (Å²) in [6.45, 7) is 3.90. The molecule has 0 atom stereocenters. The fraction of sp³-hybridized carbons (Fsp3) is 0.333. The zero-order chi connectivity index (χ0) is 14.9. The minimum atomic E-state index is -4.45. The maximum Gasteiger partial charge on any atom is 0.416 e. The van der Waals surface area contributed by atoms with Gasteiger partial charge in [0.1, 0.15) is 5.82 Å². The Balaban J connectivity index is 2.54. The van der Waals surface area contributed by atoms with Gasteiger partial charge in [0.05, 0.1) is 22.5 Å². The highest BCUT2D eigenvalue weighted by molar-refractivity contribution is 6.31. The molecule has 0 saturated heterocycles. The highest BCUT2D eigenvalue weighted by Crippen LogP contribution is 2.31. The van der Waals surface area contributed by atoms with Gasteiger partial charge in [0.25, 0.3) is 0 Å². The third kappa shape index (κ3) is 3.04. The van der Waals surface area contributed by atoms with Crippen LogP contribution in [0.15, 0.2) is 18.3 Å². The lowest BCUT2D eigenvalue weighted by Crippen LogP contribution is -2.11. The van der Waals surface area contributed by atoms with Crippen LogP contribution in [0.3, 0.4) is 0 Å². The Bertz CT molecular complexity index is 602. The molecule has 0 spiro atoms. The number of alkyl halides is 3. The number of nitrogens with one attached hydrogen (secondary N) is 1. The summed E-state index contributed by atoms with van der Waals surface area (Å²) in [6.07, 6.45) is -3.02. The molecule has 0 aliphatic carbocycles. The van der Waals surface area contributed by atoms with E-state index < -0.39 is 11.7 Å². The van der Waals surface area contributed by atoms with Gasteiger partial charge in [-0.05, 0) is 26.0 Å². The zero-order valence-electron chi connectivity index (χ0n) is 10.8. The van der Waals surface area contributed by atoms with Gasteiger partial charge in [0, 0.05) is 6.54 Å². The molecular formula is C12H12ClF3N4. The molecule has 2 rings (SSSR count). The summed E-state index contributed by atoms with van der Waals surface area (Å²) >= 11 is 5.86. The largest absolute Gasteiger partial charge is 0.416 e. The quantitative estimate of drug-likeness (QED) is 0.940. The van der Waals surface area contributed by atoms with E-state index in [1.807, 2.05) is 0 Å². The van der Waals surface area contributed by atoms with Gasteiger partial charge in [-0.25, -0.2) is 9.67 Å². The molecule has 8 heteroatoms. The molecule has 1 N–H and O–H groups in total. The third-order valence-electron chi connectivity index (χ3n) is 2.57. The molecule has 0 aliphatic rings. The van der Waals surface area contributed by atoms with E-state index in [1.165, 1.54) is 10.9 Å². The lowest BCUT2D eigenvalue weighted by atomic mass is 10.2. The monoisotopic (exact) mass is 304 g/mol. The number of hydrogen-bond acceptors (Lipinski definition) is 3. The average molecular weight is 305 g/mol. The van der Waals surface area contributed by atoms with Crippen molar-refractivity contribution in [3.05, 3.63) is 34.6 Å². The molecular weight excluding hydrogens is 293 g/mol. The number of nitrogens with zero attached hydrogens (tertiary/aromatic N) is 3. The predicted octanol–water partition coefficient (Wildman–Crippen LogP) is 3.68. The molecule has 0 saturated carbocycles. The summed E-state index contributed by atoms with van der Waals surface area (Å²) in [5, 5.41) is 7.17. The number of aryl methyl sites for hydroxylation is 1. The van der Waals surface area contributed by atoms with E-state index in [-0.39, 0.29) is 11.6 Å². The summed E-state index contributed by atoms with van der Waals surface area (Å²) in [4.78, 5) is 4.09. The van der Waals surface area contributed by atoms with Crippen molar-refractivity contribution in [1.29, 1.82) is 0 Å². The number of pyridine rings is 1. The minimum absolute atomic E-state index is 0.0609. The van der Waals surface area contributed by atoms with Crippen molar-refractivity contribution >= 4 is 17.4 Å². The van der Waals surface area contributed by atoms with Crippen molar-refractivity contribution in [1.82, 2.24) is 14.8 Å². The summed E-state index contributed by atoms with van der Waals surface area (Å²) < 4.78 is 39.9. The van der Waals surface area contributed by atoms with Crippen molar-refractivity contribution < 1.29 is 13.2 Å². The average Bonchev–Trinajstić information content (AvgIpc) is 2.69. The second kappa shape index (κ2) is 5.32. The molecule has 2 aromatic heterocycles. The summed E-state index contributed by atoms with van der Waals surface area (Å²) in [6, 6.07) is 1.90. The number of halogens is 4. The Kier molecular flexibility index (Phi) is 3.89. The fourth-order valence-electron chi connectivity index (χ4n) is 1.63. The van der Waals surface area contributed by atoms with Crippen LogP contribution in [0.2, 0.25) is 5.02 Å². The van der Waals surface area contributed by atoms with Gasteiger partial charge in [-0.15, -0.1) is 0 Å². The Morgan fingerprint density at radius 3 is 2.55 bits per heavy atom. The SMILES string of the molecule is CCNc1cc(C(F)(F)F)cc(-n2cc(Cl)c(C)n2)n1. The van der Waals surface area contributed by atoms with Crippen molar-refractivity contribution in [2.24, 2.45) is 0 Å². The first-order valence-corrected chi connectivity index (χ1v) is 6.24. The van der Waals surface area contributed by atoms with Crippen LogP contribution in [-0.4, -0.2) is 21.3 Å². The molecule has 0 aromatic carbocycles. The molecule has 20 heavy (non-hydrogen) atoms. The first-order chi connectivity index (χ1) is 9.31. The van der Waals surface area contributed by atoms with Crippen LogP contribution in [0.25, 0.3) is 5.82 Å². The number of anilines is 1. The van der Waals surface area contributed by atoms with Gasteiger partial charge >= 0.3 is 6.18 Å². The lowest BCUT2D eigenvalue weighted by Gasteiger charge is -2.12. The van der Waals surface area contributed by atoms with Gasteiger partial charge in [-0.3, -0.25) is 0 Å². The molecule has 108 valence electrons. The molecule has 0 aliphatic heterocycles.